The zero-order chi connectivity index (χ0) is 18.1. The molecule has 0 aliphatic carbocycles. The molecule has 130 valence electrons. The highest BCUT2D eigenvalue weighted by Crippen LogP contribution is 2.26. The third-order valence-electron chi connectivity index (χ3n) is 3.74. The fourth-order valence-corrected chi connectivity index (χ4v) is 2.52. The van der Waals surface area contributed by atoms with Crippen molar-refractivity contribution in [1.29, 1.82) is 0 Å². The van der Waals surface area contributed by atoms with Gasteiger partial charge in [0.1, 0.15) is 5.92 Å². The topological polar surface area (TPSA) is 80.7 Å². The van der Waals surface area contributed by atoms with Crippen molar-refractivity contribution in [2.45, 2.75) is 31.6 Å². The zero-order valence-electron chi connectivity index (χ0n) is 13.8. The van der Waals surface area contributed by atoms with Crippen molar-refractivity contribution in [3.05, 3.63) is 71.8 Å². The van der Waals surface area contributed by atoms with E-state index in [1.165, 1.54) is 0 Å². The van der Waals surface area contributed by atoms with Gasteiger partial charge in [-0.3, -0.25) is 14.4 Å². The smallest absolute Gasteiger partial charge is 0.325 e. The van der Waals surface area contributed by atoms with Crippen molar-refractivity contribution in [2.24, 2.45) is 0 Å². The molecule has 2 aromatic carbocycles. The van der Waals surface area contributed by atoms with Gasteiger partial charge in [-0.15, -0.1) is 0 Å². The molecule has 5 heteroatoms. The first-order valence-corrected chi connectivity index (χ1v) is 8.14. The minimum absolute atomic E-state index is 0.00210. The molecule has 0 heterocycles. The Hall–Kier alpha value is -2.95. The number of hydrogen-bond donors (Lipinski definition) is 1. The second-order valence-corrected chi connectivity index (χ2v) is 5.65. The van der Waals surface area contributed by atoms with E-state index >= 15 is 0 Å². The monoisotopic (exact) mass is 340 g/mol. The fraction of sp³-hybridized carbons (Fsp3) is 0.250. The molecule has 0 aliphatic heterocycles. The number of carboxylic acid groups (broad SMARTS) is 1. The van der Waals surface area contributed by atoms with Gasteiger partial charge in [0.15, 0.2) is 0 Å². The van der Waals surface area contributed by atoms with Crippen LogP contribution in [0.5, 0.6) is 0 Å². The molecule has 0 aromatic heterocycles. The standard InChI is InChI=1S/C20H20O5/c21-17(22)13-7-8-14-18(23)25-20(24)19(15-9-3-1-4-10-15)16-11-5-2-6-12-16/h1-6,9-12,19H,7-8,13-14H2,(H,21,22). The second-order valence-electron chi connectivity index (χ2n) is 5.65. The van der Waals surface area contributed by atoms with Gasteiger partial charge < -0.3 is 9.84 Å². The summed E-state index contributed by atoms with van der Waals surface area (Å²) >= 11 is 0. The number of unbranched alkanes of at least 4 members (excludes halogenated alkanes) is 1. The lowest BCUT2D eigenvalue weighted by Crippen LogP contribution is -2.21. The number of carbonyl (C=O) groups excluding carboxylic acids is 2. The predicted molar refractivity (Wildman–Crippen MR) is 91.9 cm³/mol. The van der Waals surface area contributed by atoms with E-state index in [9.17, 15) is 14.4 Å². The Morgan fingerprint density at radius 2 is 1.28 bits per heavy atom. The van der Waals surface area contributed by atoms with E-state index in [1.54, 1.807) is 0 Å². The molecule has 0 unspecified atom stereocenters. The zero-order valence-corrected chi connectivity index (χ0v) is 13.8. The molecule has 0 radical (unpaired) electrons. The van der Waals surface area contributed by atoms with Gasteiger partial charge in [-0.2, -0.15) is 0 Å². The minimum atomic E-state index is -0.905. The van der Waals surface area contributed by atoms with E-state index in [2.05, 4.69) is 0 Å². The summed E-state index contributed by atoms with van der Waals surface area (Å²) < 4.78 is 5.00. The summed E-state index contributed by atoms with van der Waals surface area (Å²) in [6.45, 7) is 0. The molecule has 0 saturated heterocycles. The number of esters is 2. The van der Waals surface area contributed by atoms with Crippen LogP contribution in [0.4, 0.5) is 0 Å². The molecule has 0 aliphatic rings. The van der Waals surface area contributed by atoms with Gasteiger partial charge in [-0.25, -0.2) is 0 Å². The van der Waals surface area contributed by atoms with Crippen LogP contribution in [-0.2, 0) is 19.1 Å². The number of rotatable bonds is 8. The Kier molecular flexibility index (Phi) is 6.89. The van der Waals surface area contributed by atoms with Gasteiger partial charge in [0.05, 0.1) is 0 Å². The van der Waals surface area contributed by atoms with Gasteiger partial charge in [-0.05, 0) is 24.0 Å². The van der Waals surface area contributed by atoms with Crippen LogP contribution in [-0.4, -0.2) is 23.0 Å². The van der Waals surface area contributed by atoms with Crippen molar-refractivity contribution < 1.29 is 24.2 Å². The van der Waals surface area contributed by atoms with Gasteiger partial charge in [0.25, 0.3) is 0 Å². The molecule has 0 atom stereocenters. The minimum Gasteiger partial charge on any atom is -0.481 e. The molecular weight excluding hydrogens is 320 g/mol. The number of carboxylic acids is 1. The van der Waals surface area contributed by atoms with E-state index < -0.39 is 23.8 Å². The van der Waals surface area contributed by atoms with Crippen LogP contribution < -0.4 is 0 Å². The van der Waals surface area contributed by atoms with Crippen LogP contribution >= 0.6 is 0 Å². The predicted octanol–water partition coefficient (Wildman–Crippen LogP) is 3.53. The average Bonchev–Trinajstić information content (AvgIpc) is 2.60. The normalized spacial score (nSPS) is 10.4. The fourth-order valence-electron chi connectivity index (χ4n) is 2.52. The number of hydrogen-bond acceptors (Lipinski definition) is 4. The van der Waals surface area contributed by atoms with Crippen molar-refractivity contribution in [3.8, 4) is 0 Å². The lowest BCUT2D eigenvalue weighted by Gasteiger charge is -2.16. The summed E-state index contributed by atoms with van der Waals surface area (Å²) in [5.41, 5.74) is 1.50. The Balaban J connectivity index is 2.04. The lowest BCUT2D eigenvalue weighted by atomic mass is 9.91. The second kappa shape index (κ2) is 9.37. The first-order valence-electron chi connectivity index (χ1n) is 8.14. The SMILES string of the molecule is O=C(O)CCCCC(=O)OC(=O)C(c1ccccc1)c1ccccc1. The van der Waals surface area contributed by atoms with E-state index in [-0.39, 0.29) is 12.8 Å². The van der Waals surface area contributed by atoms with E-state index in [0.29, 0.717) is 12.8 Å². The molecule has 0 bridgehead atoms. The maximum absolute atomic E-state index is 12.6. The summed E-state index contributed by atoms with van der Waals surface area (Å²) in [6, 6.07) is 18.3. The largest absolute Gasteiger partial charge is 0.481 e. The quantitative estimate of drug-likeness (QED) is 0.452. The first-order chi connectivity index (χ1) is 12.1. The van der Waals surface area contributed by atoms with Gasteiger partial charge in [0.2, 0.25) is 0 Å². The summed E-state index contributed by atoms with van der Waals surface area (Å²) in [5.74, 6) is -2.84. The van der Waals surface area contributed by atoms with Crippen LogP contribution in [0, 0.1) is 0 Å². The van der Waals surface area contributed by atoms with Crippen molar-refractivity contribution >= 4 is 17.9 Å². The Morgan fingerprint density at radius 3 is 1.76 bits per heavy atom. The summed E-state index contributed by atoms with van der Waals surface area (Å²) in [5, 5.41) is 8.58. The molecule has 2 rings (SSSR count). The number of ether oxygens (including phenoxy) is 1. The number of carbonyl (C=O) groups is 3. The maximum atomic E-state index is 12.6. The molecule has 0 saturated carbocycles. The van der Waals surface area contributed by atoms with Crippen LogP contribution in [0.1, 0.15) is 42.7 Å². The van der Waals surface area contributed by atoms with Gasteiger partial charge in [-0.1, -0.05) is 60.7 Å². The maximum Gasteiger partial charge on any atom is 0.325 e. The summed E-state index contributed by atoms with van der Waals surface area (Å²) in [4.78, 5) is 34.9. The van der Waals surface area contributed by atoms with E-state index in [4.69, 9.17) is 9.84 Å². The van der Waals surface area contributed by atoms with Gasteiger partial charge >= 0.3 is 17.9 Å². The third-order valence-corrected chi connectivity index (χ3v) is 3.74. The molecule has 1 N–H and O–H groups in total. The highest BCUT2D eigenvalue weighted by atomic mass is 16.6. The van der Waals surface area contributed by atoms with E-state index in [0.717, 1.165) is 11.1 Å². The number of benzene rings is 2. The highest BCUT2D eigenvalue weighted by Gasteiger charge is 2.26. The molecule has 0 amide bonds. The Morgan fingerprint density at radius 1 is 0.800 bits per heavy atom. The average molecular weight is 340 g/mol. The lowest BCUT2D eigenvalue weighted by molar-refractivity contribution is -0.160. The summed E-state index contributed by atoms with van der Waals surface area (Å²) in [7, 11) is 0. The molecule has 5 nitrogen and oxygen atoms in total. The molecule has 0 spiro atoms. The number of aliphatic carboxylic acids is 1. The van der Waals surface area contributed by atoms with Crippen molar-refractivity contribution in [3.63, 3.8) is 0 Å². The van der Waals surface area contributed by atoms with Crippen LogP contribution in [0.15, 0.2) is 60.7 Å². The van der Waals surface area contributed by atoms with Gasteiger partial charge in [0, 0.05) is 12.8 Å². The first kappa shape index (κ1) is 18.4. The molecule has 0 fully saturated rings. The molecular formula is C20H20O5. The summed E-state index contributed by atoms with van der Waals surface area (Å²) in [6.07, 6.45) is 0.770. The van der Waals surface area contributed by atoms with E-state index in [1.807, 2.05) is 60.7 Å². The molecule has 2 aromatic rings. The van der Waals surface area contributed by atoms with Crippen LogP contribution in [0.25, 0.3) is 0 Å². The van der Waals surface area contributed by atoms with Crippen molar-refractivity contribution in [2.75, 3.05) is 0 Å². The van der Waals surface area contributed by atoms with Crippen LogP contribution in [0.3, 0.4) is 0 Å². The third kappa shape index (κ3) is 5.88. The Bertz CT molecular complexity index is 670. The Labute approximate surface area is 146 Å². The highest BCUT2D eigenvalue weighted by molar-refractivity contribution is 5.91. The van der Waals surface area contributed by atoms with Crippen LogP contribution in [0.2, 0.25) is 0 Å². The molecule has 25 heavy (non-hydrogen) atoms. The van der Waals surface area contributed by atoms with Crippen molar-refractivity contribution in [1.82, 2.24) is 0 Å².